The summed E-state index contributed by atoms with van der Waals surface area (Å²) < 4.78 is 0. The second-order valence-corrected chi connectivity index (χ2v) is 6.04. The number of hydrogen-bond acceptors (Lipinski definition) is 2. The van der Waals surface area contributed by atoms with Crippen LogP contribution in [0, 0.1) is 22.7 Å². The Morgan fingerprint density at radius 2 is 2.00 bits per heavy atom. The maximum Gasteiger partial charge on any atom is 0.146 e. The lowest BCUT2D eigenvalue weighted by Gasteiger charge is -2.46. The van der Waals surface area contributed by atoms with Crippen molar-refractivity contribution >= 4 is 5.78 Å². The number of allylic oxidation sites excluding steroid dienone is 1. The molecule has 88 valence electrons. The van der Waals surface area contributed by atoms with Gasteiger partial charge in [-0.05, 0) is 17.9 Å². The maximum atomic E-state index is 12.4. The molecule has 2 aliphatic carbocycles. The highest BCUT2D eigenvalue weighted by Gasteiger charge is 2.62. The third kappa shape index (κ3) is 1.08. The molecule has 0 saturated heterocycles. The Morgan fingerprint density at radius 3 is 2.50 bits per heavy atom. The van der Waals surface area contributed by atoms with Crippen LogP contribution in [0.1, 0.15) is 27.2 Å². The molecule has 2 nitrogen and oxygen atoms in total. The fraction of sp³-hybridized carbons (Fsp3) is 0.643. The monoisotopic (exact) mass is 220 g/mol. The molecule has 2 aliphatic rings. The predicted octanol–water partition coefficient (Wildman–Crippen LogP) is 2.34. The highest BCUT2D eigenvalue weighted by atomic mass is 16.3. The summed E-state index contributed by atoms with van der Waals surface area (Å²) in [5.41, 5.74) is -0.0225. The summed E-state index contributed by atoms with van der Waals surface area (Å²) in [5.74, 6) is 0.0561. The minimum absolute atomic E-state index is 0.0120. The molecule has 0 amide bonds. The van der Waals surface area contributed by atoms with Gasteiger partial charge in [-0.15, -0.1) is 6.58 Å². The number of Topliss-reactive ketones (excluding diaryl/α,β-unsaturated/α-hetero) is 1. The van der Waals surface area contributed by atoms with Crippen LogP contribution >= 0.6 is 0 Å². The highest BCUT2D eigenvalue weighted by molar-refractivity contribution is 5.91. The zero-order chi connectivity index (χ0) is 12.3. The van der Waals surface area contributed by atoms with E-state index >= 15 is 0 Å². The molecule has 2 fully saturated rings. The Bertz CT molecular complexity index is 380. The first-order chi connectivity index (χ1) is 7.26. The van der Waals surface area contributed by atoms with Gasteiger partial charge in [-0.3, -0.25) is 4.79 Å². The number of hydrogen-bond donors (Lipinski definition) is 1. The standard InChI is InChI=1S/C14H20O2/c1-6-10-13(3,4)12(16)9-7-14(10,5)11(15)8(9)2/h6,9-11,15H,1-2,7H2,3-5H3/t9?,10-,11-,14-/m0/s1. The first-order valence-corrected chi connectivity index (χ1v) is 5.80. The number of carbonyl (C=O) groups excluding carboxylic acids is 1. The average Bonchev–Trinajstić information content (AvgIpc) is 2.40. The van der Waals surface area contributed by atoms with Crippen LogP contribution in [0.3, 0.4) is 0 Å². The van der Waals surface area contributed by atoms with Crippen LogP contribution < -0.4 is 0 Å². The van der Waals surface area contributed by atoms with Crippen LogP contribution in [0.4, 0.5) is 0 Å². The number of aliphatic hydroxyl groups is 1. The van der Waals surface area contributed by atoms with Crippen LogP contribution in [-0.4, -0.2) is 17.0 Å². The van der Waals surface area contributed by atoms with Gasteiger partial charge < -0.3 is 5.11 Å². The Balaban J connectivity index is 2.59. The quantitative estimate of drug-likeness (QED) is 0.689. The Labute approximate surface area is 97.0 Å². The molecule has 0 aliphatic heterocycles. The molecule has 0 heterocycles. The number of carbonyl (C=O) groups is 1. The predicted molar refractivity (Wildman–Crippen MR) is 63.8 cm³/mol. The van der Waals surface area contributed by atoms with E-state index in [0.717, 1.165) is 0 Å². The van der Waals surface area contributed by atoms with E-state index in [1.807, 2.05) is 26.8 Å². The van der Waals surface area contributed by atoms with Crippen molar-refractivity contribution in [3.63, 3.8) is 0 Å². The lowest BCUT2D eigenvalue weighted by atomic mass is 9.56. The van der Waals surface area contributed by atoms with Crippen LogP contribution in [0.25, 0.3) is 0 Å². The van der Waals surface area contributed by atoms with Crippen LogP contribution in [0.15, 0.2) is 24.8 Å². The molecular weight excluding hydrogens is 200 g/mol. The van der Waals surface area contributed by atoms with Gasteiger partial charge in [-0.25, -0.2) is 0 Å². The first kappa shape index (κ1) is 11.6. The Kier molecular flexibility index (Phi) is 2.22. The Morgan fingerprint density at radius 1 is 1.44 bits per heavy atom. The summed E-state index contributed by atoms with van der Waals surface area (Å²) in [4.78, 5) is 12.4. The van der Waals surface area contributed by atoms with Gasteiger partial charge in [0.2, 0.25) is 0 Å². The lowest BCUT2D eigenvalue weighted by Crippen LogP contribution is -2.49. The fourth-order valence-electron chi connectivity index (χ4n) is 3.85. The molecule has 2 heteroatoms. The molecule has 1 N–H and O–H groups in total. The molecule has 0 aromatic rings. The molecule has 0 spiro atoms. The van der Waals surface area contributed by atoms with E-state index in [2.05, 4.69) is 13.2 Å². The zero-order valence-corrected chi connectivity index (χ0v) is 10.3. The molecule has 0 aromatic heterocycles. The molecular formula is C14H20O2. The van der Waals surface area contributed by atoms with Crippen molar-refractivity contribution in [2.24, 2.45) is 22.7 Å². The van der Waals surface area contributed by atoms with E-state index in [4.69, 9.17) is 0 Å². The van der Waals surface area contributed by atoms with Gasteiger partial charge >= 0.3 is 0 Å². The highest BCUT2D eigenvalue weighted by Crippen LogP contribution is 2.61. The second kappa shape index (κ2) is 3.07. The summed E-state index contributed by atoms with van der Waals surface area (Å²) in [6, 6.07) is 0. The van der Waals surface area contributed by atoms with Crippen LogP contribution in [0.2, 0.25) is 0 Å². The number of rotatable bonds is 1. The smallest absolute Gasteiger partial charge is 0.146 e. The summed E-state index contributed by atoms with van der Waals surface area (Å²) in [6.07, 6.45) is 1.97. The number of fused-ring (bicyclic) bond motifs is 2. The second-order valence-electron chi connectivity index (χ2n) is 6.04. The van der Waals surface area contributed by atoms with Crippen molar-refractivity contribution in [1.29, 1.82) is 0 Å². The van der Waals surface area contributed by atoms with E-state index < -0.39 is 11.5 Å². The van der Waals surface area contributed by atoms with Gasteiger partial charge in [-0.1, -0.05) is 33.4 Å². The van der Waals surface area contributed by atoms with Crippen molar-refractivity contribution in [3.8, 4) is 0 Å². The molecule has 2 saturated carbocycles. The summed E-state index contributed by atoms with van der Waals surface area (Å²) >= 11 is 0. The minimum atomic E-state index is -0.578. The lowest BCUT2D eigenvalue weighted by molar-refractivity contribution is -0.140. The van der Waals surface area contributed by atoms with Gasteiger partial charge in [0.25, 0.3) is 0 Å². The van der Waals surface area contributed by atoms with Gasteiger partial charge in [0, 0.05) is 16.7 Å². The summed E-state index contributed by atoms with van der Waals surface area (Å²) in [7, 11) is 0. The maximum absolute atomic E-state index is 12.4. The zero-order valence-electron chi connectivity index (χ0n) is 10.3. The molecule has 0 aromatic carbocycles. The van der Waals surface area contributed by atoms with E-state index in [9.17, 15) is 9.90 Å². The SMILES string of the molecule is C=C[C@H]1C(C)(C)C(=O)C2C[C@]1(C)[C@@H](O)C2=C. The largest absolute Gasteiger partial charge is 0.388 e. The van der Waals surface area contributed by atoms with Crippen molar-refractivity contribution in [2.75, 3.05) is 0 Å². The van der Waals surface area contributed by atoms with Gasteiger partial charge in [0.1, 0.15) is 5.78 Å². The normalized spacial score (nSPS) is 45.9. The van der Waals surface area contributed by atoms with Crippen molar-refractivity contribution < 1.29 is 9.90 Å². The number of ketones is 1. The van der Waals surface area contributed by atoms with Gasteiger partial charge in [0.15, 0.2) is 0 Å². The molecule has 2 bridgehead atoms. The average molecular weight is 220 g/mol. The molecule has 1 unspecified atom stereocenters. The molecule has 16 heavy (non-hydrogen) atoms. The third-order valence-corrected chi connectivity index (χ3v) is 4.74. The minimum Gasteiger partial charge on any atom is -0.388 e. The van der Waals surface area contributed by atoms with Crippen LogP contribution in [-0.2, 0) is 4.79 Å². The van der Waals surface area contributed by atoms with E-state index in [0.29, 0.717) is 12.0 Å². The van der Waals surface area contributed by atoms with Crippen LogP contribution in [0.5, 0.6) is 0 Å². The van der Waals surface area contributed by atoms with E-state index in [-0.39, 0.29) is 23.0 Å². The fourth-order valence-corrected chi connectivity index (χ4v) is 3.85. The molecule has 0 radical (unpaired) electrons. The third-order valence-electron chi connectivity index (χ3n) is 4.74. The van der Waals surface area contributed by atoms with Crippen molar-refractivity contribution in [2.45, 2.75) is 33.3 Å². The number of aliphatic hydroxyl groups excluding tert-OH is 1. The van der Waals surface area contributed by atoms with Gasteiger partial charge in [0.05, 0.1) is 6.10 Å². The molecule has 4 atom stereocenters. The summed E-state index contributed by atoms with van der Waals surface area (Å²) in [6.45, 7) is 13.7. The van der Waals surface area contributed by atoms with E-state index in [1.54, 1.807) is 0 Å². The topological polar surface area (TPSA) is 37.3 Å². The Hall–Kier alpha value is -0.890. The molecule has 2 rings (SSSR count). The summed E-state index contributed by atoms with van der Waals surface area (Å²) in [5, 5.41) is 10.3. The van der Waals surface area contributed by atoms with Crippen molar-refractivity contribution in [1.82, 2.24) is 0 Å². The van der Waals surface area contributed by atoms with Crippen molar-refractivity contribution in [3.05, 3.63) is 24.8 Å². The van der Waals surface area contributed by atoms with Gasteiger partial charge in [-0.2, -0.15) is 0 Å². The first-order valence-electron chi connectivity index (χ1n) is 5.80. The van der Waals surface area contributed by atoms with E-state index in [1.165, 1.54) is 0 Å².